The highest BCUT2D eigenvalue weighted by molar-refractivity contribution is 5.87. The molecule has 2 saturated carbocycles. The fourth-order valence-corrected chi connectivity index (χ4v) is 5.78. The molecule has 0 aromatic heterocycles. The van der Waals surface area contributed by atoms with Crippen LogP contribution in [0.15, 0.2) is 48.5 Å². The molecule has 4 N–H and O–H groups in total. The minimum Gasteiger partial charge on any atom is -0.369 e. The van der Waals surface area contributed by atoms with E-state index in [4.69, 9.17) is 11.5 Å². The molecular formula is C27H34N2O2. The second-order valence-corrected chi connectivity index (χ2v) is 9.58. The first-order valence-electron chi connectivity index (χ1n) is 11.7. The lowest BCUT2D eigenvalue weighted by Gasteiger charge is -2.35. The third-order valence-corrected chi connectivity index (χ3v) is 7.78. The lowest BCUT2D eigenvalue weighted by atomic mass is 9.68. The molecule has 2 amide bonds. The van der Waals surface area contributed by atoms with Gasteiger partial charge in [-0.05, 0) is 54.4 Å². The van der Waals surface area contributed by atoms with Crippen molar-refractivity contribution in [2.75, 3.05) is 0 Å². The summed E-state index contributed by atoms with van der Waals surface area (Å²) in [5, 5.41) is 0. The van der Waals surface area contributed by atoms with E-state index in [9.17, 15) is 9.59 Å². The normalized spacial score (nSPS) is 20.1. The predicted octanol–water partition coefficient (Wildman–Crippen LogP) is 4.65. The molecule has 0 aliphatic heterocycles. The molecule has 4 rings (SSSR count). The van der Waals surface area contributed by atoms with Crippen LogP contribution in [0.1, 0.15) is 86.5 Å². The fraction of sp³-hybridized carbons (Fsp3) is 0.481. The van der Waals surface area contributed by atoms with E-state index >= 15 is 0 Å². The first-order chi connectivity index (χ1) is 15.0. The average Bonchev–Trinajstić information content (AvgIpc) is 2.81. The molecule has 0 bridgehead atoms. The van der Waals surface area contributed by atoms with Crippen LogP contribution in [-0.4, -0.2) is 11.8 Å². The zero-order chi connectivity index (χ0) is 21.9. The quantitative estimate of drug-likeness (QED) is 0.715. The van der Waals surface area contributed by atoms with Crippen molar-refractivity contribution >= 4 is 11.8 Å². The SMILES string of the molecule is NC(=O)C1(c2ccc(Cc3ccc(C4(C(N)=O)CCCCC4)cc3)cc2)CCCCC1. The Balaban J connectivity index is 1.50. The second-order valence-electron chi connectivity index (χ2n) is 9.58. The molecule has 0 heterocycles. The topological polar surface area (TPSA) is 86.2 Å². The van der Waals surface area contributed by atoms with Gasteiger partial charge in [-0.2, -0.15) is 0 Å². The number of nitrogens with two attached hydrogens (primary N) is 2. The summed E-state index contributed by atoms with van der Waals surface area (Å²) in [7, 11) is 0. The van der Waals surface area contributed by atoms with Gasteiger partial charge in [-0.15, -0.1) is 0 Å². The maximum absolute atomic E-state index is 12.3. The molecule has 2 aliphatic carbocycles. The zero-order valence-electron chi connectivity index (χ0n) is 18.4. The van der Waals surface area contributed by atoms with Crippen molar-refractivity contribution in [3.63, 3.8) is 0 Å². The van der Waals surface area contributed by atoms with Crippen LogP contribution >= 0.6 is 0 Å². The van der Waals surface area contributed by atoms with Gasteiger partial charge in [0, 0.05) is 0 Å². The summed E-state index contributed by atoms with van der Waals surface area (Å²) in [5.74, 6) is -0.386. The molecule has 4 heteroatoms. The average molecular weight is 419 g/mol. The standard InChI is InChI=1S/C27H34N2O2/c28-24(30)26(15-3-1-4-16-26)22-11-7-20(8-12-22)19-21-9-13-23(14-10-21)27(25(29)31)17-5-2-6-18-27/h7-14H,1-6,15-19H2,(H2,28,30)(H2,29,31). The first-order valence-corrected chi connectivity index (χ1v) is 11.7. The number of rotatable bonds is 6. The summed E-state index contributed by atoms with van der Waals surface area (Å²) in [4.78, 5) is 24.6. The van der Waals surface area contributed by atoms with Crippen LogP contribution < -0.4 is 11.5 Å². The third-order valence-electron chi connectivity index (χ3n) is 7.78. The van der Waals surface area contributed by atoms with E-state index < -0.39 is 10.8 Å². The van der Waals surface area contributed by atoms with Gasteiger partial charge in [0.05, 0.1) is 10.8 Å². The van der Waals surface area contributed by atoms with Crippen molar-refractivity contribution in [2.24, 2.45) is 11.5 Å². The maximum atomic E-state index is 12.3. The molecule has 2 aromatic carbocycles. The van der Waals surface area contributed by atoms with Crippen LogP contribution in [0.3, 0.4) is 0 Å². The van der Waals surface area contributed by atoms with Crippen molar-refractivity contribution in [1.29, 1.82) is 0 Å². The van der Waals surface area contributed by atoms with Gasteiger partial charge in [0.25, 0.3) is 0 Å². The van der Waals surface area contributed by atoms with Gasteiger partial charge in [0.1, 0.15) is 0 Å². The van der Waals surface area contributed by atoms with Gasteiger partial charge in [-0.25, -0.2) is 0 Å². The van der Waals surface area contributed by atoms with Crippen LogP contribution in [-0.2, 0) is 26.8 Å². The minimum absolute atomic E-state index is 0.193. The summed E-state index contributed by atoms with van der Waals surface area (Å²) in [6, 6.07) is 16.8. The van der Waals surface area contributed by atoms with E-state index in [1.807, 2.05) is 0 Å². The minimum atomic E-state index is -0.499. The first kappa shape index (κ1) is 21.6. The Hall–Kier alpha value is -2.62. The highest BCUT2D eigenvalue weighted by atomic mass is 16.1. The number of carbonyl (C=O) groups is 2. The largest absolute Gasteiger partial charge is 0.369 e. The van der Waals surface area contributed by atoms with E-state index in [1.54, 1.807) is 0 Å². The van der Waals surface area contributed by atoms with Gasteiger partial charge in [-0.3, -0.25) is 9.59 Å². The molecular weight excluding hydrogens is 384 g/mol. The molecule has 0 unspecified atom stereocenters. The number of primary amides is 2. The Morgan fingerprint density at radius 3 is 1.19 bits per heavy atom. The van der Waals surface area contributed by atoms with Gasteiger partial charge in [0.2, 0.25) is 11.8 Å². The van der Waals surface area contributed by atoms with Gasteiger partial charge < -0.3 is 11.5 Å². The van der Waals surface area contributed by atoms with E-state index in [0.29, 0.717) is 0 Å². The van der Waals surface area contributed by atoms with Crippen molar-refractivity contribution in [3.8, 4) is 0 Å². The summed E-state index contributed by atoms with van der Waals surface area (Å²) >= 11 is 0. The molecule has 2 aromatic rings. The van der Waals surface area contributed by atoms with Crippen LogP contribution in [0.25, 0.3) is 0 Å². The Labute approximate surface area is 185 Å². The molecule has 0 saturated heterocycles. The van der Waals surface area contributed by atoms with Gasteiger partial charge in [-0.1, -0.05) is 87.1 Å². The summed E-state index contributed by atoms with van der Waals surface area (Å²) in [5.41, 5.74) is 15.2. The predicted molar refractivity (Wildman–Crippen MR) is 124 cm³/mol. The lowest BCUT2D eigenvalue weighted by Crippen LogP contribution is -2.42. The summed E-state index contributed by atoms with van der Waals surface area (Å²) in [6.07, 6.45) is 10.8. The summed E-state index contributed by atoms with van der Waals surface area (Å²) in [6.45, 7) is 0. The van der Waals surface area contributed by atoms with E-state index in [2.05, 4.69) is 48.5 Å². The smallest absolute Gasteiger partial charge is 0.228 e. The molecule has 4 nitrogen and oxygen atoms in total. The highest BCUT2D eigenvalue weighted by Crippen LogP contribution is 2.40. The second kappa shape index (κ2) is 8.86. The van der Waals surface area contributed by atoms with Gasteiger partial charge >= 0.3 is 0 Å². The van der Waals surface area contributed by atoms with Gasteiger partial charge in [0.15, 0.2) is 0 Å². The molecule has 2 fully saturated rings. The van der Waals surface area contributed by atoms with E-state index in [-0.39, 0.29) is 11.8 Å². The molecule has 164 valence electrons. The van der Waals surface area contributed by atoms with Crippen molar-refractivity contribution in [2.45, 2.75) is 81.5 Å². The Kier molecular flexibility index (Phi) is 6.17. The third kappa shape index (κ3) is 4.13. The van der Waals surface area contributed by atoms with Crippen LogP contribution in [0, 0.1) is 0 Å². The number of hydrogen-bond donors (Lipinski definition) is 2. The van der Waals surface area contributed by atoms with Crippen molar-refractivity contribution in [1.82, 2.24) is 0 Å². The van der Waals surface area contributed by atoms with Crippen molar-refractivity contribution < 1.29 is 9.59 Å². The van der Waals surface area contributed by atoms with Crippen LogP contribution in [0.5, 0.6) is 0 Å². The summed E-state index contributed by atoms with van der Waals surface area (Å²) < 4.78 is 0. The maximum Gasteiger partial charge on any atom is 0.228 e. The lowest BCUT2D eigenvalue weighted by molar-refractivity contribution is -0.125. The molecule has 0 atom stereocenters. The Bertz CT molecular complexity index is 841. The molecule has 31 heavy (non-hydrogen) atoms. The van der Waals surface area contributed by atoms with E-state index in [1.165, 1.54) is 24.0 Å². The number of amides is 2. The Morgan fingerprint density at radius 1 is 0.581 bits per heavy atom. The molecule has 0 spiro atoms. The number of carbonyl (C=O) groups excluding carboxylic acids is 2. The van der Waals surface area contributed by atoms with Crippen LogP contribution in [0.2, 0.25) is 0 Å². The molecule has 2 aliphatic rings. The number of hydrogen-bond acceptors (Lipinski definition) is 2. The zero-order valence-corrected chi connectivity index (χ0v) is 18.4. The monoisotopic (exact) mass is 418 g/mol. The number of benzene rings is 2. The van der Waals surface area contributed by atoms with Crippen LogP contribution in [0.4, 0.5) is 0 Å². The fourth-order valence-electron chi connectivity index (χ4n) is 5.78. The van der Waals surface area contributed by atoms with Crippen molar-refractivity contribution in [3.05, 3.63) is 70.8 Å². The highest BCUT2D eigenvalue weighted by Gasteiger charge is 2.40. The van der Waals surface area contributed by atoms with E-state index in [0.717, 1.165) is 68.9 Å². The Morgan fingerprint density at radius 2 is 0.903 bits per heavy atom. The molecule has 0 radical (unpaired) electrons.